The fourth-order valence-corrected chi connectivity index (χ4v) is 2.79. The Morgan fingerprint density at radius 2 is 2.12 bits per heavy atom. The monoisotopic (exact) mass is 357 g/mol. The SMILES string of the molecule is CC(C)CN1C(=O)C(C)(C)COc2ccc(NC(=O)c3ccno3)cc21. The number of hydrogen-bond donors (Lipinski definition) is 1. The smallest absolute Gasteiger partial charge is 0.294 e. The number of nitrogens with zero attached hydrogens (tertiary/aromatic N) is 2. The van der Waals surface area contributed by atoms with E-state index in [1.54, 1.807) is 23.1 Å². The molecule has 0 fully saturated rings. The van der Waals surface area contributed by atoms with Crippen LogP contribution in [-0.4, -0.2) is 30.1 Å². The Kier molecular flexibility index (Phi) is 4.71. The van der Waals surface area contributed by atoms with Gasteiger partial charge in [0.1, 0.15) is 12.4 Å². The number of fused-ring (bicyclic) bond motifs is 1. The number of aromatic nitrogens is 1. The molecule has 7 nitrogen and oxygen atoms in total. The molecule has 0 aliphatic carbocycles. The van der Waals surface area contributed by atoms with E-state index in [4.69, 9.17) is 9.26 Å². The summed E-state index contributed by atoms with van der Waals surface area (Å²) in [5.41, 5.74) is 0.580. The maximum atomic E-state index is 13.0. The zero-order valence-electron chi connectivity index (χ0n) is 15.4. The molecule has 1 N–H and O–H groups in total. The highest BCUT2D eigenvalue weighted by atomic mass is 16.5. The van der Waals surface area contributed by atoms with Crippen LogP contribution in [-0.2, 0) is 4.79 Å². The largest absolute Gasteiger partial charge is 0.490 e. The van der Waals surface area contributed by atoms with Crippen molar-refractivity contribution in [2.75, 3.05) is 23.4 Å². The van der Waals surface area contributed by atoms with Crippen LogP contribution in [0.1, 0.15) is 38.2 Å². The molecule has 0 atom stereocenters. The van der Waals surface area contributed by atoms with Crippen molar-refractivity contribution in [3.63, 3.8) is 0 Å². The molecule has 1 aromatic carbocycles. The first-order valence-electron chi connectivity index (χ1n) is 8.59. The lowest BCUT2D eigenvalue weighted by Gasteiger charge is -2.29. The number of hydrogen-bond acceptors (Lipinski definition) is 5. The van der Waals surface area contributed by atoms with Crippen molar-refractivity contribution in [1.29, 1.82) is 0 Å². The molecule has 0 saturated heterocycles. The Hall–Kier alpha value is -2.83. The molecule has 1 aromatic heterocycles. The quantitative estimate of drug-likeness (QED) is 0.907. The molecule has 0 radical (unpaired) electrons. The number of amides is 2. The van der Waals surface area contributed by atoms with Crippen LogP contribution in [0.4, 0.5) is 11.4 Å². The van der Waals surface area contributed by atoms with Crippen LogP contribution in [0.3, 0.4) is 0 Å². The van der Waals surface area contributed by atoms with Crippen LogP contribution in [0, 0.1) is 11.3 Å². The molecule has 2 heterocycles. The summed E-state index contributed by atoms with van der Waals surface area (Å²) in [4.78, 5) is 26.9. The number of anilines is 2. The average molecular weight is 357 g/mol. The van der Waals surface area contributed by atoms with Gasteiger partial charge in [0.15, 0.2) is 0 Å². The number of rotatable bonds is 4. The Morgan fingerprint density at radius 1 is 1.35 bits per heavy atom. The van der Waals surface area contributed by atoms with Crippen LogP contribution < -0.4 is 15.0 Å². The fraction of sp³-hybridized carbons (Fsp3) is 0.421. The lowest BCUT2D eigenvalue weighted by Crippen LogP contribution is -2.43. The highest BCUT2D eigenvalue weighted by Gasteiger charge is 2.38. The van der Waals surface area contributed by atoms with Gasteiger partial charge in [-0.3, -0.25) is 9.59 Å². The minimum Gasteiger partial charge on any atom is -0.490 e. The summed E-state index contributed by atoms with van der Waals surface area (Å²) in [6, 6.07) is 6.75. The summed E-state index contributed by atoms with van der Waals surface area (Å²) in [5, 5.41) is 6.29. The molecule has 2 aromatic rings. The first-order chi connectivity index (χ1) is 12.3. The van der Waals surface area contributed by atoms with Crippen molar-refractivity contribution in [3.8, 4) is 5.75 Å². The van der Waals surface area contributed by atoms with Gasteiger partial charge in [0, 0.05) is 18.3 Å². The van der Waals surface area contributed by atoms with Crippen LogP contribution in [0.25, 0.3) is 0 Å². The summed E-state index contributed by atoms with van der Waals surface area (Å²) in [6.45, 7) is 8.74. The normalized spacial score (nSPS) is 16.0. The predicted molar refractivity (Wildman–Crippen MR) is 97.4 cm³/mol. The molecule has 0 unspecified atom stereocenters. The Morgan fingerprint density at radius 3 is 2.77 bits per heavy atom. The van der Waals surface area contributed by atoms with E-state index < -0.39 is 11.3 Å². The van der Waals surface area contributed by atoms with Crippen LogP contribution >= 0.6 is 0 Å². The molecule has 138 valence electrons. The maximum absolute atomic E-state index is 13.0. The number of nitrogens with one attached hydrogen (secondary N) is 1. The Labute approximate surface area is 152 Å². The second kappa shape index (κ2) is 6.82. The van der Waals surface area contributed by atoms with Gasteiger partial charge in [-0.15, -0.1) is 0 Å². The third kappa shape index (κ3) is 3.56. The molecular formula is C19H23N3O4. The lowest BCUT2D eigenvalue weighted by atomic mass is 9.92. The molecule has 7 heteroatoms. The van der Waals surface area contributed by atoms with Gasteiger partial charge in [0.2, 0.25) is 11.7 Å². The molecule has 0 spiro atoms. The van der Waals surface area contributed by atoms with Gasteiger partial charge in [-0.2, -0.15) is 0 Å². The zero-order chi connectivity index (χ0) is 18.9. The van der Waals surface area contributed by atoms with E-state index >= 15 is 0 Å². The van der Waals surface area contributed by atoms with Crippen LogP contribution in [0.5, 0.6) is 5.75 Å². The van der Waals surface area contributed by atoms with Crippen molar-refractivity contribution in [1.82, 2.24) is 5.16 Å². The molecule has 26 heavy (non-hydrogen) atoms. The van der Waals surface area contributed by atoms with E-state index in [1.807, 2.05) is 13.8 Å². The van der Waals surface area contributed by atoms with Crippen molar-refractivity contribution in [2.45, 2.75) is 27.7 Å². The summed E-state index contributed by atoms with van der Waals surface area (Å²) in [5.74, 6) is 0.630. The van der Waals surface area contributed by atoms with Gasteiger partial charge in [-0.05, 0) is 38.0 Å². The zero-order valence-corrected chi connectivity index (χ0v) is 15.4. The second-order valence-electron chi connectivity index (χ2n) is 7.50. The summed E-state index contributed by atoms with van der Waals surface area (Å²) in [6.07, 6.45) is 1.41. The standard InChI is InChI=1S/C19H23N3O4/c1-12(2)10-22-14-9-13(21-17(23)16-7-8-20-26-16)5-6-15(14)25-11-19(3,4)18(22)24/h5-9,12H,10-11H2,1-4H3,(H,21,23). The molecule has 1 aliphatic heterocycles. The molecular weight excluding hydrogens is 334 g/mol. The molecule has 2 amide bonds. The summed E-state index contributed by atoms with van der Waals surface area (Å²) < 4.78 is 10.7. The van der Waals surface area contributed by atoms with Crippen molar-refractivity contribution in [3.05, 3.63) is 36.2 Å². The second-order valence-corrected chi connectivity index (χ2v) is 7.50. The van der Waals surface area contributed by atoms with Crippen LogP contribution in [0.15, 0.2) is 35.0 Å². The van der Waals surface area contributed by atoms with E-state index in [-0.39, 0.29) is 17.6 Å². The van der Waals surface area contributed by atoms with Crippen molar-refractivity contribution in [2.24, 2.45) is 11.3 Å². The molecule has 0 saturated carbocycles. The van der Waals surface area contributed by atoms with E-state index in [0.29, 0.717) is 30.3 Å². The van der Waals surface area contributed by atoms with Gasteiger partial charge >= 0.3 is 0 Å². The predicted octanol–water partition coefficient (Wildman–Crippen LogP) is 3.33. The Bertz CT molecular complexity index is 812. The minimum absolute atomic E-state index is 0.00339. The molecule has 3 rings (SSSR count). The first-order valence-corrected chi connectivity index (χ1v) is 8.59. The number of ether oxygens (including phenoxy) is 1. The van der Waals surface area contributed by atoms with E-state index in [0.717, 1.165) is 0 Å². The number of benzene rings is 1. The number of carbonyl (C=O) groups is 2. The van der Waals surface area contributed by atoms with E-state index in [1.165, 1.54) is 12.3 Å². The Balaban J connectivity index is 1.95. The third-order valence-corrected chi connectivity index (χ3v) is 4.13. The van der Waals surface area contributed by atoms with E-state index in [2.05, 4.69) is 24.3 Å². The summed E-state index contributed by atoms with van der Waals surface area (Å²) in [7, 11) is 0. The fourth-order valence-electron chi connectivity index (χ4n) is 2.79. The van der Waals surface area contributed by atoms with Crippen LogP contribution in [0.2, 0.25) is 0 Å². The summed E-state index contributed by atoms with van der Waals surface area (Å²) >= 11 is 0. The van der Waals surface area contributed by atoms with Gasteiger partial charge in [-0.1, -0.05) is 19.0 Å². The minimum atomic E-state index is -0.628. The third-order valence-electron chi connectivity index (χ3n) is 4.13. The van der Waals surface area contributed by atoms with Crippen molar-refractivity contribution < 1.29 is 18.8 Å². The van der Waals surface area contributed by atoms with Crippen molar-refractivity contribution >= 4 is 23.2 Å². The highest BCUT2D eigenvalue weighted by Crippen LogP contribution is 2.38. The first kappa shape index (κ1) is 18.0. The maximum Gasteiger partial charge on any atom is 0.294 e. The average Bonchev–Trinajstić information content (AvgIpc) is 3.10. The lowest BCUT2D eigenvalue weighted by molar-refractivity contribution is -0.127. The topological polar surface area (TPSA) is 84.7 Å². The van der Waals surface area contributed by atoms with Gasteiger partial charge in [-0.25, -0.2) is 0 Å². The van der Waals surface area contributed by atoms with E-state index in [9.17, 15) is 9.59 Å². The molecule has 1 aliphatic rings. The number of carbonyl (C=O) groups excluding carboxylic acids is 2. The van der Waals surface area contributed by atoms with Gasteiger partial charge in [0.05, 0.1) is 17.3 Å². The molecule has 0 bridgehead atoms. The van der Waals surface area contributed by atoms with Gasteiger partial charge in [0.25, 0.3) is 5.91 Å². The van der Waals surface area contributed by atoms with Gasteiger partial charge < -0.3 is 19.5 Å². The highest BCUT2D eigenvalue weighted by molar-refractivity contribution is 6.04.